The Morgan fingerprint density at radius 3 is 2.75 bits per heavy atom. The van der Waals surface area contributed by atoms with Crippen LogP contribution in [-0.4, -0.2) is 24.7 Å². The number of hydrogen-bond donors (Lipinski definition) is 1. The van der Waals surface area contributed by atoms with E-state index in [-0.39, 0.29) is 0 Å². The van der Waals surface area contributed by atoms with Crippen molar-refractivity contribution in [2.24, 2.45) is 5.73 Å². The van der Waals surface area contributed by atoms with Crippen LogP contribution in [0.2, 0.25) is 0 Å². The maximum atomic E-state index is 5.40. The van der Waals surface area contributed by atoms with Gasteiger partial charge in [-0.3, -0.25) is 4.90 Å². The van der Waals surface area contributed by atoms with Crippen molar-refractivity contribution in [2.75, 3.05) is 19.8 Å². The van der Waals surface area contributed by atoms with Crippen molar-refractivity contribution in [3.63, 3.8) is 0 Å². The summed E-state index contributed by atoms with van der Waals surface area (Å²) in [6.45, 7) is 2.87. The van der Waals surface area contributed by atoms with Crippen LogP contribution in [0.4, 0.5) is 0 Å². The second-order valence-electron chi connectivity index (χ2n) is 2.02. The van der Waals surface area contributed by atoms with Crippen molar-refractivity contribution in [2.45, 2.75) is 6.42 Å². The maximum Gasteiger partial charge on any atom is 0.0458 e. The molecule has 0 amide bonds. The van der Waals surface area contributed by atoms with Crippen LogP contribution in [0.1, 0.15) is 6.42 Å². The van der Waals surface area contributed by atoms with E-state index in [1.807, 2.05) is 0 Å². The average molecular weight is 112 g/mol. The smallest absolute Gasteiger partial charge is 0.0458 e. The van der Waals surface area contributed by atoms with E-state index in [4.69, 9.17) is 5.73 Å². The van der Waals surface area contributed by atoms with Gasteiger partial charge in [0.25, 0.3) is 0 Å². The van der Waals surface area contributed by atoms with E-state index in [9.17, 15) is 0 Å². The van der Waals surface area contributed by atoms with Gasteiger partial charge in [0.05, 0.1) is 0 Å². The molecule has 8 heavy (non-hydrogen) atoms. The zero-order valence-corrected chi connectivity index (χ0v) is 5.01. The molecule has 0 spiro atoms. The van der Waals surface area contributed by atoms with Gasteiger partial charge >= 0.3 is 0 Å². The lowest BCUT2D eigenvalue weighted by Crippen LogP contribution is -2.32. The van der Waals surface area contributed by atoms with Crippen LogP contribution in [-0.2, 0) is 0 Å². The van der Waals surface area contributed by atoms with Gasteiger partial charge in [0.2, 0.25) is 0 Å². The first-order chi connectivity index (χ1) is 3.93. The Morgan fingerprint density at radius 1 is 1.50 bits per heavy atom. The van der Waals surface area contributed by atoms with Crippen molar-refractivity contribution >= 4 is 0 Å². The molecule has 0 unspecified atom stereocenters. The third kappa shape index (κ3) is 1.32. The van der Waals surface area contributed by atoms with E-state index >= 15 is 0 Å². The molecule has 1 aliphatic rings. The molecule has 0 atom stereocenters. The molecule has 0 aromatic rings. The fraction of sp³-hybridized carbons (Fsp3) is 0.667. The molecule has 2 nitrogen and oxygen atoms in total. The molecule has 1 rings (SSSR count). The predicted molar refractivity (Wildman–Crippen MR) is 34.4 cm³/mol. The first-order valence-corrected chi connectivity index (χ1v) is 3.01. The van der Waals surface area contributed by atoms with Crippen molar-refractivity contribution in [3.8, 4) is 0 Å². The topological polar surface area (TPSA) is 29.3 Å². The lowest BCUT2D eigenvalue weighted by Gasteiger charge is -2.19. The number of hydrogen-bond acceptors (Lipinski definition) is 2. The predicted octanol–water partition coefficient (Wildman–Crippen LogP) is 0.164. The molecule has 0 saturated carbocycles. The molecule has 1 heterocycles. The largest absolute Gasteiger partial charge is 0.318 e. The minimum Gasteiger partial charge on any atom is -0.318 e. The van der Waals surface area contributed by atoms with Gasteiger partial charge in [-0.1, -0.05) is 12.2 Å². The second kappa shape index (κ2) is 2.84. The summed E-state index contributed by atoms with van der Waals surface area (Å²) in [5.41, 5.74) is 5.40. The van der Waals surface area contributed by atoms with E-state index < -0.39 is 0 Å². The zero-order chi connectivity index (χ0) is 5.82. The molecule has 2 N–H and O–H groups in total. The summed E-state index contributed by atoms with van der Waals surface area (Å²) in [4.78, 5) is 2.21. The highest BCUT2D eigenvalue weighted by Gasteiger charge is 2.00. The number of rotatable bonds is 1. The van der Waals surface area contributed by atoms with Crippen LogP contribution in [0.3, 0.4) is 0 Å². The van der Waals surface area contributed by atoms with Gasteiger partial charge in [-0.15, -0.1) is 0 Å². The Morgan fingerprint density at radius 2 is 2.38 bits per heavy atom. The summed E-state index contributed by atoms with van der Waals surface area (Å²) < 4.78 is 0. The standard InChI is InChI=1S/C6H12N2/c7-6-8-4-2-1-3-5-8/h1-2H,3-7H2. The Kier molecular flexibility index (Phi) is 2.06. The summed E-state index contributed by atoms with van der Waals surface area (Å²) in [5.74, 6) is 0. The highest BCUT2D eigenvalue weighted by molar-refractivity contribution is 4.89. The lowest BCUT2D eigenvalue weighted by molar-refractivity contribution is 0.308. The van der Waals surface area contributed by atoms with Gasteiger partial charge in [-0.2, -0.15) is 0 Å². The fourth-order valence-corrected chi connectivity index (χ4v) is 0.856. The van der Waals surface area contributed by atoms with Gasteiger partial charge in [0, 0.05) is 19.8 Å². The monoisotopic (exact) mass is 112 g/mol. The van der Waals surface area contributed by atoms with E-state index in [0.29, 0.717) is 6.67 Å². The molecular weight excluding hydrogens is 100 g/mol. The molecule has 0 aliphatic carbocycles. The zero-order valence-electron chi connectivity index (χ0n) is 5.01. The summed E-state index contributed by atoms with van der Waals surface area (Å²) in [6.07, 6.45) is 5.53. The van der Waals surface area contributed by atoms with E-state index in [2.05, 4.69) is 17.1 Å². The summed E-state index contributed by atoms with van der Waals surface area (Å²) in [5, 5.41) is 0. The Labute approximate surface area is 50.0 Å². The van der Waals surface area contributed by atoms with Crippen LogP contribution < -0.4 is 5.73 Å². The Hall–Kier alpha value is -0.340. The van der Waals surface area contributed by atoms with E-state index in [0.717, 1.165) is 19.5 Å². The average Bonchev–Trinajstić information content (AvgIpc) is 1.90. The molecule has 1 aliphatic heterocycles. The molecular formula is C6H12N2. The number of nitrogens with zero attached hydrogens (tertiary/aromatic N) is 1. The second-order valence-corrected chi connectivity index (χ2v) is 2.02. The van der Waals surface area contributed by atoms with Crippen LogP contribution in [0, 0.1) is 0 Å². The van der Waals surface area contributed by atoms with Crippen LogP contribution in [0.5, 0.6) is 0 Å². The fourth-order valence-electron chi connectivity index (χ4n) is 0.856. The van der Waals surface area contributed by atoms with Crippen LogP contribution in [0.15, 0.2) is 12.2 Å². The Bertz CT molecular complexity index is 88.5. The van der Waals surface area contributed by atoms with Crippen molar-refractivity contribution < 1.29 is 0 Å². The van der Waals surface area contributed by atoms with Crippen molar-refractivity contribution in [3.05, 3.63) is 12.2 Å². The normalized spacial score (nSPS) is 21.6. The van der Waals surface area contributed by atoms with E-state index in [1.54, 1.807) is 0 Å². The highest BCUT2D eigenvalue weighted by atomic mass is 15.2. The molecule has 0 fully saturated rings. The van der Waals surface area contributed by atoms with Crippen molar-refractivity contribution in [1.29, 1.82) is 0 Å². The lowest BCUT2D eigenvalue weighted by atomic mass is 10.3. The van der Waals surface area contributed by atoms with Crippen molar-refractivity contribution in [1.82, 2.24) is 4.90 Å². The molecule has 46 valence electrons. The van der Waals surface area contributed by atoms with Gasteiger partial charge in [0.15, 0.2) is 0 Å². The summed E-state index contributed by atoms with van der Waals surface area (Å²) >= 11 is 0. The third-order valence-corrected chi connectivity index (χ3v) is 1.40. The first-order valence-electron chi connectivity index (χ1n) is 3.01. The number of nitrogens with two attached hydrogens (primary N) is 1. The molecule has 0 aromatic carbocycles. The highest BCUT2D eigenvalue weighted by Crippen LogP contribution is 1.96. The van der Waals surface area contributed by atoms with Gasteiger partial charge < -0.3 is 5.73 Å². The quantitative estimate of drug-likeness (QED) is 0.490. The minimum atomic E-state index is 0.699. The SMILES string of the molecule is NCN1CC=CCC1. The minimum absolute atomic E-state index is 0.699. The van der Waals surface area contributed by atoms with Crippen LogP contribution in [0.25, 0.3) is 0 Å². The Balaban J connectivity index is 2.27. The van der Waals surface area contributed by atoms with Gasteiger partial charge in [-0.25, -0.2) is 0 Å². The molecule has 2 heteroatoms. The first kappa shape index (κ1) is 5.79. The molecule has 0 radical (unpaired) electrons. The molecule has 0 saturated heterocycles. The summed E-state index contributed by atoms with van der Waals surface area (Å²) in [6, 6.07) is 0. The molecule has 0 bridgehead atoms. The van der Waals surface area contributed by atoms with Gasteiger partial charge in [0.1, 0.15) is 0 Å². The molecule has 0 aromatic heterocycles. The van der Waals surface area contributed by atoms with E-state index in [1.165, 1.54) is 0 Å². The maximum absolute atomic E-state index is 5.40. The third-order valence-electron chi connectivity index (χ3n) is 1.40. The van der Waals surface area contributed by atoms with Crippen LogP contribution >= 0.6 is 0 Å². The summed E-state index contributed by atoms with van der Waals surface area (Å²) in [7, 11) is 0. The van der Waals surface area contributed by atoms with Gasteiger partial charge in [-0.05, 0) is 6.42 Å².